The van der Waals surface area contributed by atoms with Gasteiger partial charge >= 0.3 is 0 Å². The van der Waals surface area contributed by atoms with Crippen molar-refractivity contribution in [2.45, 2.75) is 0 Å². The minimum absolute atomic E-state index is 0.00403. The van der Waals surface area contributed by atoms with Crippen molar-refractivity contribution in [3.05, 3.63) is 39.8 Å². The molecular weight excluding hydrogens is 348 g/mol. The Bertz CT molecular complexity index is 786. The van der Waals surface area contributed by atoms with Gasteiger partial charge < -0.3 is 5.32 Å². The van der Waals surface area contributed by atoms with Crippen LogP contribution in [0.25, 0.3) is 5.57 Å². The second kappa shape index (κ2) is 6.07. The molecule has 2 N–H and O–H groups in total. The molecule has 0 aliphatic heterocycles. The molecule has 0 unspecified atom stereocenters. The molecule has 10 heteroatoms. The summed E-state index contributed by atoms with van der Waals surface area (Å²) in [5, 5.41) is 32.7. The molecule has 0 fully saturated rings. The van der Waals surface area contributed by atoms with E-state index in [-0.39, 0.29) is 21.6 Å². The standard InChI is InChI=1S/C11H4BrF2N7/c12-8-9(14)5(2-15)1-7(13)10(8)17-4-6(3-16)11-18-20-21-19-11/h1,4,17H,(H,18,19,20,21). The number of allylic oxidation sites excluding steroid dienone is 1. The lowest BCUT2D eigenvalue weighted by atomic mass is 10.2. The number of benzene rings is 1. The molecule has 21 heavy (non-hydrogen) atoms. The fourth-order valence-corrected chi connectivity index (χ4v) is 1.89. The topological polar surface area (TPSA) is 114 Å². The monoisotopic (exact) mass is 351 g/mol. The predicted octanol–water partition coefficient (Wildman–Crippen LogP) is 2.09. The summed E-state index contributed by atoms with van der Waals surface area (Å²) in [7, 11) is 0. The van der Waals surface area contributed by atoms with Crippen LogP contribution in [-0.2, 0) is 0 Å². The first-order valence-electron chi connectivity index (χ1n) is 5.26. The van der Waals surface area contributed by atoms with Gasteiger partial charge in [-0.25, -0.2) is 8.78 Å². The highest BCUT2D eigenvalue weighted by Crippen LogP contribution is 2.31. The van der Waals surface area contributed by atoms with Crippen molar-refractivity contribution in [2.24, 2.45) is 0 Å². The number of nitrogens with one attached hydrogen (secondary N) is 2. The van der Waals surface area contributed by atoms with Gasteiger partial charge in [-0.15, -0.1) is 10.2 Å². The van der Waals surface area contributed by atoms with Crippen molar-refractivity contribution in [3.63, 3.8) is 0 Å². The quantitative estimate of drug-likeness (QED) is 0.646. The number of hydrogen-bond donors (Lipinski definition) is 2. The molecule has 1 heterocycles. The summed E-state index contributed by atoms with van der Waals surface area (Å²) in [4.78, 5) is 0. The van der Waals surface area contributed by atoms with Crippen LogP contribution < -0.4 is 5.32 Å². The fourth-order valence-electron chi connectivity index (χ4n) is 1.38. The van der Waals surface area contributed by atoms with Crippen LogP contribution in [0.5, 0.6) is 0 Å². The molecule has 0 spiro atoms. The Morgan fingerprint density at radius 1 is 1.43 bits per heavy atom. The summed E-state index contributed by atoms with van der Waals surface area (Å²) in [5.41, 5.74) is -0.741. The zero-order valence-corrected chi connectivity index (χ0v) is 11.6. The number of aromatic nitrogens is 4. The molecule has 0 saturated carbocycles. The first kappa shape index (κ1) is 14.6. The first-order chi connectivity index (χ1) is 10.1. The van der Waals surface area contributed by atoms with E-state index in [4.69, 9.17) is 10.5 Å². The Morgan fingerprint density at radius 3 is 2.76 bits per heavy atom. The number of halogens is 3. The predicted molar refractivity (Wildman–Crippen MR) is 70.2 cm³/mol. The molecule has 0 amide bonds. The summed E-state index contributed by atoms with van der Waals surface area (Å²) in [6.45, 7) is 0. The molecule has 0 bridgehead atoms. The minimum atomic E-state index is -0.909. The molecule has 0 atom stereocenters. The Balaban J connectivity index is 2.39. The zero-order valence-electron chi connectivity index (χ0n) is 10.0. The Hall–Kier alpha value is -2.85. The molecule has 1 aromatic heterocycles. The third-order valence-corrected chi connectivity index (χ3v) is 3.09. The van der Waals surface area contributed by atoms with E-state index in [1.54, 1.807) is 6.07 Å². The Morgan fingerprint density at radius 2 is 2.19 bits per heavy atom. The van der Waals surface area contributed by atoms with E-state index in [0.717, 1.165) is 12.3 Å². The summed E-state index contributed by atoms with van der Waals surface area (Å²) in [6, 6.07) is 4.06. The number of tetrazole rings is 1. The van der Waals surface area contributed by atoms with Crippen molar-refractivity contribution in [3.8, 4) is 12.1 Å². The van der Waals surface area contributed by atoms with Gasteiger partial charge in [0.1, 0.15) is 23.5 Å². The number of hydrogen-bond acceptors (Lipinski definition) is 6. The van der Waals surface area contributed by atoms with Gasteiger partial charge in [0.2, 0.25) is 5.82 Å². The Kier molecular flexibility index (Phi) is 4.21. The number of rotatable bonds is 3. The summed E-state index contributed by atoms with van der Waals surface area (Å²) >= 11 is 2.85. The van der Waals surface area contributed by atoms with Gasteiger partial charge in [-0.3, -0.25) is 0 Å². The van der Waals surface area contributed by atoms with Gasteiger partial charge in [-0.1, -0.05) is 0 Å². The van der Waals surface area contributed by atoms with Crippen molar-refractivity contribution >= 4 is 27.2 Å². The maximum Gasteiger partial charge on any atom is 0.216 e. The van der Waals surface area contributed by atoms with Gasteiger partial charge in [0.05, 0.1) is 15.7 Å². The largest absolute Gasteiger partial charge is 0.357 e. The van der Waals surface area contributed by atoms with Gasteiger partial charge in [-0.05, 0) is 27.2 Å². The van der Waals surface area contributed by atoms with Crippen molar-refractivity contribution in [1.29, 1.82) is 10.5 Å². The van der Waals surface area contributed by atoms with Crippen LogP contribution >= 0.6 is 15.9 Å². The molecule has 7 nitrogen and oxygen atoms in total. The van der Waals surface area contributed by atoms with E-state index < -0.39 is 17.2 Å². The van der Waals surface area contributed by atoms with Crippen LogP contribution in [0.1, 0.15) is 11.4 Å². The van der Waals surface area contributed by atoms with Crippen LogP contribution in [0.3, 0.4) is 0 Å². The lowest BCUT2D eigenvalue weighted by Gasteiger charge is -2.08. The number of H-pyrrole nitrogens is 1. The van der Waals surface area contributed by atoms with Gasteiger partial charge in [-0.2, -0.15) is 15.7 Å². The number of anilines is 1. The summed E-state index contributed by atoms with van der Waals surface area (Å²) in [5.74, 6) is -1.77. The minimum Gasteiger partial charge on any atom is -0.357 e. The van der Waals surface area contributed by atoms with E-state index in [0.29, 0.717) is 0 Å². The molecule has 1 aromatic carbocycles. The van der Waals surface area contributed by atoms with Gasteiger partial charge in [0.15, 0.2) is 5.82 Å². The molecule has 2 rings (SSSR count). The lowest BCUT2D eigenvalue weighted by molar-refractivity contribution is 0.594. The first-order valence-corrected chi connectivity index (χ1v) is 6.06. The fraction of sp³-hybridized carbons (Fsp3) is 0. The van der Waals surface area contributed by atoms with E-state index in [1.165, 1.54) is 6.07 Å². The van der Waals surface area contributed by atoms with Crippen LogP contribution in [0, 0.1) is 34.3 Å². The van der Waals surface area contributed by atoms with E-state index >= 15 is 0 Å². The second-order valence-electron chi connectivity index (χ2n) is 3.57. The van der Waals surface area contributed by atoms with E-state index in [9.17, 15) is 8.78 Å². The highest BCUT2D eigenvalue weighted by Gasteiger charge is 2.16. The van der Waals surface area contributed by atoms with Crippen molar-refractivity contribution < 1.29 is 8.78 Å². The number of nitrogens with zero attached hydrogens (tertiary/aromatic N) is 5. The summed E-state index contributed by atoms with van der Waals surface area (Å²) < 4.78 is 27.3. The highest BCUT2D eigenvalue weighted by molar-refractivity contribution is 9.10. The average Bonchev–Trinajstić information content (AvgIpc) is 3.00. The highest BCUT2D eigenvalue weighted by atomic mass is 79.9. The Labute approximate surface area is 125 Å². The maximum absolute atomic E-state index is 13.8. The van der Waals surface area contributed by atoms with Crippen LogP contribution in [-0.4, -0.2) is 20.6 Å². The van der Waals surface area contributed by atoms with Crippen molar-refractivity contribution in [2.75, 3.05) is 5.32 Å². The van der Waals surface area contributed by atoms with Crippen LogP contribution in [0.4, 0.5) is 14.5 Å². The molecule has 0 radical (unpaired) electrons. The van der Waals surface area contributed by atoms with Gasteiger partial charge in [0.25, 0.3) is 0 Å². The van der Waals surface area contributed by atoms with Crippen LogP contribution in [0.15, 0.2) is 16.7 Å². The average molecular weight is 352 g/mol. The second-order valence-corrected chi connectivity index (χ2v) is 4.36. The smallest absolute Gasteiger partial charge is 0.216 e. The van der Waals surface area contributed by atoms with Gasteiger partial charge in [0, 0.05) is 6.20 Å². The SMILES string of the molecule is N#CC(=CNc1c(F)cc(C#N)c(F)c1Br)c1nn[nH]n1. The molecule has 0 aliphatic carbocycles. The number of nitriles is 2. The number of aromatic amines is 1. The zero-order chi connectivity index (χ0) is 15.4. The molecular formula is C11H4BrF2N7. The third-order valence-electron chi connectivity index (χ3n) is 2.35. The molecule has 0 saturated heterocycles. The molecule has 104 valence electrons. The lowest BCUT2D eigenvalue weighted by Crippen LogP contribution is -2.00. The molecule has 0 aliphatic rings. The van der Waals surface area contributed by atoms with E-state index in [1.807, 2.05) is 0 Å². The third kappa shape index (κ3) is 2.85. The molecule has 2 aromatic rings. The normalized spacial score (nSPS) is 10.8. The van der Waals surface area contributed by atoms with E-state index in [2.05, 4.69) is 41.9 Å². The maximum atomic E-state index is 13.8. The van der Waals surface area contributed by atoms with Crippen LogP contribution in [0.2, 0.25) is 0 Å². The van der Waals surface area contributed by atoms with Crippen molar-refractivity contribution in [1.82, 2.24) is 20.6 Å². The summed E-state index contributed by atoms with van der Waals surface area (Å²) in [6.07, 6.45) is 1.10.